The minimum atomic E-state index is -1.92. The Bertz CT molecular complexity index is 259. The first-order valence-corrected chi connectivity index (χ1v) is 7.58. The Labute approximate surface area is 90.2 Å². The Morgan fingerprint density at radius 2 is 1.69 bits per heavy atom. The fourth-order valence-corrected chi connectivity index (χ4v) is 3.53. The molecule has 1 aromatic carbocycles. The third kappa shape index (κ3) is 3.90. The van der Waals surface area contributed by atoms with E-state index in [-0.39, 0.29) is 21.2 Å². The minimum absolute atomic E-state index is 0.0784. The summed E-state index contributed by atoms with van der Waals surface area (Å²) in [5.41, 5.74) is 0. The van der Waals surface area contributed by atoms with E-state index in [0.29, 0.717) is 5.30 Å². The van der Waals surface area contributed by atoms with Gasteiger partial charge in [-0.25, -0.2) is 0 Å². The zero-order valence-electron chi connectivity index (χ0n) is 7.61. The van der Waals surface area contributed by atoms with Crippen LogP contribution >= 0.6 is 8.38 Å². The van der Waals surface area contributed by atoms with Gasteiger partial charge in [-0.1, -0.05) is 0 Å². The van der Waals surface area contributed by atoms with Gasteiger partial charge in [0, 0.05) is 0 Å². The fraction of sp³-hybridized carbons (Fsp3) is 0.333. The summed E-state index contributed by atoms with van der Waals surface area (Å²) in [6, 6.07) is 7.63. The van der Waals surface area contributed by atoms with Crippen LogP contribution in [0.25, 0.3) is 0 Å². The third-order valence-electron chi connectivity index (χ3n) is 1.40. The molecule has 0 atom stereocenters. The van der Waals surface area contributed by atoms with Crippen molar-refractivity contribution in [2.24, 2.45) is 0 Å². The van der Waals surface area contributed by atoms with E-state index in [1.165, 1.54) is 3.57 Å². The average Bonchev–Trinajstić information content (AvgIpc) is 2.04. The first-order chi connectivity index (χ1) is 6.09. The summed E-state index contributed by atoms with van der Waals surface area (Å²) in [6.07, 6.45) is 0. The Morgan fingerprint density at radius 1 is 1.15 bits per heavy atom. The van der Waals surface area contributed by atoms with Crippen LogP contribution in [0.4, 0.5) is 0 Å². The first kappa shape index (κ1) is 11.4. The number of rotatable bonds is 3. The van der Waals surface area contributed by atoms with Crippen molar-refractivity contribution in [1.82, 2.24) is 0 Å². The Morgan fingerprint density at radius 3 is 2.08 bits per heavy atom. The molecule has 0 saturated carbocycles. The molecule has 4 heteroatoms. The van der Waals surface area contributed by atoms with Crippen LogP contribution in [-0.4, -0.2) is 13.7 Å². The molecule has 0 aliphatic rings. The van der Waals surface area contributed by atoms with E-state index < -0.39 is 8.38 Å². The van der Waals surface area contributed by atoms with Crippen molar-refractivity contribution >= 4 is 13.7 Å². The molecule has 0 spiro atoms. The Balaban J connectivity index is 2.70. The molecule has 0 aliphatic heterocycles. The Hall–Kier alpha value is 0.300. The van der Waals surface area contributed by atoms with Crippen LogP contribution in [0.3, 0.4) is 0 Å². The summed E-state index contributed by atoms with van der Waals surface area (Å²) in [4.78, 5) is 17.9. The van der Waals surface area contributed by atoms with Gasteiger partial charge in [0.25, 0.3) is 0 Å². The van der Waals surface area contributed by atoms with E-state index in [0.717, 1.165) is 3.92 Å². The first-order valence-electron chi connectivity index (χ1n) is 4.01. The summed E-state index contributed by atoms with van der Waals surface area (Å²) < 4.78 is 2.10. The van der Waals surface area contributed by atoms with Gasteiger partial charge in [-0.3, -0.25) is 0 Å². The van der Waals surface area contributed by atoms with Crippen LogP contribution in [0, 0.1) is 3.57 Å². The second-order valence-electron chi connectivity index (χ2n) is 2.89. The molecule has 0 fully saturated rings. The van der Waals surface area contributed by atoms with E-state index in [2.05, 4.69) is 13.8 Å². The van der Waals surface area contributed by atoms with Gasteiger partial charge >= 0.3 is 90.3 Å². The quantitative estimate of drug-likeness (QED) is 0.396. The number of benzene rings is 1. The summed E-state index contributed by atoms with van der Waals surface area (Å²) in [6.45, 7) is 4.43. The van der Waals surface area contributed by atoms with E-state index in [1.54, 1.807) is 0 Å². The molecule has 0 amide bonds. The molecule has 1 rings (SSSR count). The van der Waals surface area contributed by atoms with Crippen molar-refractivity contribution in [3.05, 3.63) is 27.8 Å². The topological polar surface area (TPSA) is 40.5 Å². The fourth-order valence-electron chi connectivity index (χ4n) is 0.899. The molecule has 0 unspecified atom stereocenters. The van der Waals surface area contributed by atoms with Gasteiger partial charge < -0.3 is 0 Å². The van der Waals surface area contributed by atoms with Gasteiger partial charge in [0.15, 0.2) is 0 Å². The molecule has 0 bridgehead atoms. The maximum atomic E-state index is 8.93. The molecule has 13 heavy (non-hydrogen) atoms. The third-order valence-corrected chi connectivity index (χ3v) is 4.85. The summed E-state index contributed by atoms with van der Waals surface area (Å²) in [5, 5.41) is 0.631. The van der Waals surface area contributed by atoms with Crippen LogP contribution < -0.4 is 26.5 Å². The predicted molar refractivity (Wildman–Crippen MR) is 51.3 cm³/mol. The maximum absolute atomic E-state index is 8.93. The number of hydrogen-bond donors (Lipinski definition) is 2. The van der Waals surface area contributed by atoms with Crippen molar-refractivity contribution in [3.63, 3.8) is 0 Å². The van der Waals surface area contributed by atoms with E-state index in [9.17, 15) is 0 Å². The van der Waals surface area contributed by atoms with Crippen LogP contribution in [0.1, 0.15) is 13.8 Å². The normalized spacial score (nSPS) is 11.5. The number of alkyl halides is 1. The van der Waals surface area contributed by atoms with Crippen LogP contribution in [-0.2, 0) is 0 Å². The molecule has 2 N–H and O–H groups in total. The average molecular weight is 311 g/mol. The molecule has 1 aromatic rings. The van der Waals surface area contributed by atoms with Crippen molar-refractivity contribution in [3.8, 4) is 0 Å². The Kier molecular flexibility index (Phi) is 4.59. The van der Waals surface area contributed by atoms with Gasteiger partial charge in [0.1, 0.15) is 0 Å². The zero-order chi connectivity index (χ0) is 9.84. The SMILES string of the molecule is CC(C)[I-]c1ccc(P(O)O)cc1. The van der Waals surface area contributed by atoms with Crippen LogP contribution in [0.2, 0.25) is 0 Å². The predicted octanol–water partition coefficient (Wildman–Crippen LogP) is -1.72. The van der Waals surface area contributed by atoms with E-state index in [1.807, 2.05) is 24.3 Å². The van der Waals surface area contributed by atoms with Crippen molar-refractivity contribution in [2.45, 2.75) is 17.8 Å². The van der Waals surface area contributed by atoms with Gasteiger partial charge in [-0.15, -0.1) is 0 Å². The molecule has 0 heterocycles. The van der Waals surface area contributed by atoms with E-state index in [4.69, 9.17) is 9.79 Å². The summed E-state index contributed by atoms with van der Waals surface area (Å²) in [7, 11) is -1.92. The molecule has 0 aromatic heterocycles. The molecule has 0 saturated heterocycles. The molecule has 2 nitrogen and oxygen atoms in total. The van der Waals surface area contributed by atoms with Gasteiger partial charge in [-0.2, -0.15) is 0 Å². The second kappa shape index (κ2) is 5.25. The van der Waals surface area contributed by atoms with Crippen molar-refractivity contribution in [2.75, 3.05) is 0 Å². The second-order valence-corrected chi connectivity index (χ2v) is 8.34. The van der Waals surface area contributed by atoms with Crippen LogP contribution in [0.15, 0.2) is 24.3 Å². The standard InChI is InChI=1S/C9H13IO2P/c1-7(2)10-8-3-5-9(6-4-8)13(11)12/h3-7,11-12H,1-2H3/q-1. The van der Waals surface area contributed by atoms with Gasteiger partial charge in [0.05, 0.1) is 0 Å². The molecular weight excluding hydrogens is 298 g/mol. The number of hydrogen-bond acceptors (Lipinski definition) is 2. The monoisotopic (exact) mass is 311 g/mol. The van der Waals surface area contributed by atoms with Crippen LogP contribution in [0.5, 0.6) is 0 Å². The van der Waals surface area contributed by atoms with Gasteiger partial charge in [-0.05, 0) is 0 Å². The molecule has 0 radical (unpaired) electrons. The van der Waals surface area contributed by atoms with E-state index >= 15 is 0 Å². The summed E-state index contributed by atoms with van der Waals surface area (Å²) >= 11 is 0.0784. The molecule has 74 valence electrons. The van der Waals surface area contributed by atoms with Crippen molar-refractivity contribution in [1.29, 1.82) is 0 Å². The van der Waals surface area contributed by atoms with Crippen molar-refractivity contribution < 1.29 is 31.0 Å². The van der Waals surface area contributed by atoms with Gasteiger partial charge in [0.2, 0.25) is 0 Å². The molecular formula is C9H13IO2P-. The molecule has 0 aliphatic carbocycles. The number of halogens is 1. The zero-order valence-corrected chi connectivity index (χ0v) is 10.7. The summed E-state index contributed by atoms with van der Waals surface area (Å²) in [5.74, 6) is 0.